The molecule has 0 saturated carbocycles. The molecule has 1 heterocycles. The highest BCUT2D eigenvalue weighted by Gasteiger charge is 2.38. The van der Waals surface area contributed by atoms with E-state index >= 15 is 0 Å². The lowest BCUT2D eigenvalue weighted by Crippen LogP contribution is -2.18. The van der Waals surface area contributed by atoms with Gasteiger partial charge in [0.25, 0.3) is 0 Å². The molecule has 0 spiro atoms. The zero-order valence-electron chi connectivity index (χ0n) is 21.6. The molecule has 0 saturated heterocycles. The lowest BCUT2D eigenvalue weighted by Gasteiger charge is -2.35. The molecule has 38 heavy (non-hydrogen) atoms. The van der Waals surface area contributed by atoms with Crippen LogP contribution in [0.3, 0.4) is 0 Å². The van der Waals surface area contributed by atoms with Crippen molar-refractivity contribution in [3.8, 4) is 33.4 Å². The Hall–Kier alpha value is -4.62. The first-order valence-corrected chi connectivity index (χ1v) is 13.4. The van der Waals surface area contributed by atoms with Crippen LogP contribution in [0.1, 0.15) is 25.0 Å². The van der Waals surface area contributed by atoms with Crippen LogP contribution in [0.4, 0.5) is 17.1 Å². The van der Waals surface area contributed by atoms with E-state index in [1.807, 2.05) is 0 Å². The highest BCUT2D eigenvalue weighted by Crippen LogP contribution is 2.57. The summed E-state index contributed by atoms with van der Waals surface area (Å²) in [5.74, 6) is 0. The van der Waals surface area contributed by atoms with E-state index in [1.165, 1.54) is 72.3 Å². The second kappa shape index (κ2) is 7.69. The molecular weight excluding hydrogens is 458 g/mol. The maximum atomic E-state index is 2.47. The first kappa shape index (κ1) is 21.5. The molecule has 0 amide bonds. The third kappa shape index (κ3) is 2.82. The molecule has 0 bridgehead atoms. The zero-order chi connectivity index (χ0) is 25.4. The van der Waals surface area contributed by atoms with E-state index in [4.69, 9.17) is 0 Å². The molecule has 0 N–H and O–H groups in total. The number of para-hydroxylation sites is 1. The Bertz CT molecular complexity index is 1880. The van der Waals surface area contributed by atoms with Gasteiger partial charge in [-0.2, -0.15) is 0 Å². The minimum atomic E-state index is -0.0488. The molecule has 1 nitrogen and oxygen atoms in total. The molecule has 6 aromatic carbocycles. The van der Waals surface area contributed by atoms with E-state index < -0.39 is 0 Å². The Morgan fingerprint density at radius 2 is 1.18 bits per heavy atom. The average molecular weight is 486 g/mol. The first-order chi connectivity index (χ1) is 18.6. The van der Waals surface area contributed by atoms with Crippen molar-refractivity contribution in [3.05, 3.63) is 139 Å². The number of benzene rings is 6. The minimum Gasteiger partial charge on any atom is -0.309 e. The lowest BCUT2D eigenvalue weighted by atomic mass is 9.80. The summed E-state index contributed by atoms with van der Waals surface area (Å²) in [6, 6.07) is 46.8. The summed E-state index contributed by atoms with van der Waals surface area (Å²) < 4.78 is 0. The molecule has 1 aliphatic heterocycles. The first-order valence-electron chi connectivity index (χ1n) is 13.4. The molecular formula is C37H27N. The van der Waals surface area contributed by atoms with E-state index in [0.29, 0.717) is 0 Å². The largest absolute Gasteiger partial charge is 0.309 e. The van der Waals surface area contributed by atoms with Gasteiger partial charge in [-0.25, -0.2) is 0 Å². The fourth-order valence-corrected chi connectivity index (χ4v) is 6.79. The van der Waals surface area contributed by atoms with Crippen LogP contribution < -0.4 is 4.90 Å². The van der Waals surface area contributed by atoms with E-state index in [-0.39, 0.29) is 5.41 Å². The maximum Gasteiger partial charge on any atom is 0.0547 e. The number of rotatable bonds is 2. The highest BCUT2D eigenvalue weighted by atomic mass is 15.2. The van der Waals surface area contributed by atoms with Gasteiger partial charge in [0.05, 0.1) is 11.4 Å². The quantitative estimate of drug-likeness (QED) is 0.235. The van der Waals surface area contributed by atoms with Crippen molar-refractivity contribution in [3.63, 3.8) is 0 Å². The third-order valence-electron chi connectivity index (χ3n) is 8.59. The van der Waals surface area contributed by atoms with Crippen molar-refractivity contribution < 1.29 is 0 Å². The number of hydrogen-bond donors (Lipinski definition) is 0. The second-order valence-corrected chi connectivity index (χ2v) is 11.0. The normalized spacial score (nSPS) is 14.2. The average Bonchev–Trinajstić information content (AvgIpc) is 3.19. The van der Waals surface area contributed by atoms with Gasteiger partial charge in [-0.1, -0.05) is 111 Å². The molecule has 1 aliphatic carbocycles. The van der Waals surface area contributed by atoms with Crippen LogP contribution in [0.15, 0.2) is 127 Å². The summed E-state index contributed by atoms with van der Waals surface area (Å²) in [5, 5.41) is 2.61. The van der Waals surface area contributed by atoms with Crippen LogP contribution >= 0.6 is 0 Å². The molecule has 6 aromatic rings. The van der Waals surface area contributed by atoms with Crippen LogP contribution in [0.25, 0.3) is 44.2 Å². The summed E-state index contributed by atoms with van der Waals surface area (Å²) in [5.41, 5.74) is 14.3. The molecule has 0 atom stereocenters. The Morgan fingerprint density at radius 3 is 2.00 bits per heavy atom. The van der Waals surface area contributed by atoms with E-state index in [1.54, 1.807) is 0 Å². The smallest absolute Gasteiger partial charge is 0.0547 e. The van der Waals surface area contributed by atoms with Crippen molar-refractivity contribution in [2.24, 2.45) is 0 Å². The van der Waals surface area contributed by atoms with Crippen LogP contribution in [-0.4, -0.2) is 0 Å². The van der Waals surface area contributed by atoms with Gasteiger partial charge in [0.15, 0.2) is 0 Å². The molecule has 1 heteroatoms. The fourth-order valence-electron chi connectivity index (χ4n) is 6.79. The summed E-state index contributed by atoms with van der Waals surface area (Å²) in [6.07, 6.45) is 0. The number of fused-ring (bicyclic) bond motifs is 5. The van der Waals surface area contributed by atoms with Gasteiger partial charge in [-0.15, -0.1) is 0 Å². The minimum absolute atomic E-state index is 0.0488. The standard InChI is InChI=1S/C37H27N/c1-37(2)32-19-10-9-16-27(32)30-22-31-29-18-11-17-28-26(24-12-5-3-6-13-24)20-21-34(36(28)29)38(35(31)23-33(30)37)25-14-7-4-8-15-25/h3-23H,1-2H3. The van der Waals surface area contributed by atoms with Gasteiger partial charge in [-0.05, 0) is 74.7 Å². The maximum absolute atomic E-state index is 2.47. The van der Waals surface area contributed by atoms with Gasteiger partial charge >= 0.3 is 0 Å². The zero-order valence-corrected chi connectivity index (χ0v) is 21.6. The Kier molecular flexibility index (Phi) is 4.35. The van der Waals surface area contributed by atoms with Crippen molar-refractivity contribution in [1.29, 1.82) is 0 Å². The van der Waals surface area contributed by atoms with Gasteiger partial charge in [0, 0.05) is 22.1 Å². The molecule has 0 aromatic heterocycles. The van der Waals surface area contributed by atoms with Crippen LogP contribution in [0.2, 0.25) is 0 Å². The SMILES string of the molecule is CC1(C)c2ccccc2-c2cc3c(cc21)N(c1ccccc1)c1ccc(-c2ccccc2)c2cccc-3c12. The lowest BCUT2D eigenvalue weighted by molar-refractivity contribution is 0.660. The molecule has 180 valence electrons. The molecule has 0 fully saturated rings. The van der Waals surface area contributed by atoms with Gasteiger partial charge in [-0.3, -0.25) is 0 Å². The number of anilines is 3. The fraction of sp³-hybridized carbons (Fsp3) is 0.0811. The van der Waals surface area contributed by atoms with Gasteiger partial charge in [0.1, 0.15) is 0 Å². The Labute approximate surface area is 223 Å². The molecule has 2 aliphatic rings. The predicted molar refractivity (Wildman–Crippen MR) is 161 cm³/mol. The summed E-state index contributed by atoms with van der Waals surface area (Å²) in [6.45, 7) is 4.72. The highest BCUT2D eigenvalue weighted by molar-refractivity contribution is 6.18. The molecule has 0 unspecified atom stereocenters. The molecule has 8 rings (SSSR count). The van der Waals surface area contributed by atoms with Gasteiger partial charge in [0.2, 0.25) is 0 Å². The monoisotopic (exact) mass is 485 g/mol. The summed E-state index contributed by atoms with van der Waals surface area (Å²) in [4.78, 5) is 2.47. The van der Waals surface area contributed by atoms with Crippen molar-refractivity contribution in [2.45, 2.75) is 19.3 Å². The van der Waals surface area contributed by atoms with Crippen LogP contribution in [0.5, 0.6) is 0 Å². The van der Waals surface area contributed by atoms with Crippen LogP contribution in [0, 0.1) is 0 Å². The van der Waals surface area contributed by atoms with Crippen molar-refractivity contribution in [2.75, 3.05) is 4.90 Å². The predicted octanol–water partition coefficient (Wildman–Crippen LogP) is 10.3. The van der Waals surface area contributed by atoms with E-state index in [9.17, 15) is 0 Å². The Balaban J connectivity index is 1.49. The van der Waals surface area contributed by atoms with Gasteiger partial charge < -0.3 is 4.90 Å². The van der Waals surface area contributed by atoms with Crippen molar-refractivity contribution in [1.82, 2.24) is 0 Å². The summed E-state index contributed by atoms with van der Waals surface area (Å²) >= 11 is 0. The van der Waals surface area contributed by atoms with E-state index in [0.717, 1.165) is 0 Å². The summed E-state index contributed by atoms with van der Waals surface area (Å²) in [7, 11) is 0. The topological polar surface area (TPSA) is 3.24 Å². The van der Waals surface area contributed by atoms with Crippen molar-refractivity contribution >= 4 is 27.8 Å². The molecule has 0 radical (unpaired) electrons. The third-order valence-corrected chi connectivity index (χ3v) is 8.59. The van der Waals surface area contributed by atoms with Crippen LogP contribution in [-0.2, 0) is 5.41 Å². The number of nitrogens with zero attached hydrogens (tertiary/aromatic N) is 1. The Morgan fingerprint density at radius 1 is 0.474 bits per heavy atom. The number of hydrogen-bond acceptors (Lipinski definition) is 1. The van der Waals surface area contributed by atoms with E-state index in [2.05, 4.69) is 146 Å². The second-order valence-electron chi connectivity index (χ2n) is 11.0.